The van der Waals surface area contributed by atoms with Crippen molar-refractivity contribution in [3.05, 3.63) is 90.4 Å². The number of nitrogens with one attached hydrogen (secondary N) is 2. The van der Waals surface area contributed by atoms with Crippen molar-refractivity contribution in [2.24, 2.45) is 0 Å². The minimum atomic E-state index is -3.78. The Balaban J connectivity index is 1.16. The third-order valence-electron chi connectivity index (χ3n) is 6.70. The predicted octanol–water partition coefficient (Wildman–Crippen LogP) is 4.47. The van der Waals surface area contributed by atoms with E-state index in [1.54, 1.807) is 18.2 Å². The molecule has 4 aromatic rings. The summed E-state index contributed by atoms with van der Waals surface area (Å²) in [6, 6.07) is 18.8. The van der Waals surface area contributed by atoms with Crippen LogP contribution in [0.25, 0.3) is 17.0 Å². The highest BCUT2D eigenvalue weighted by Gasteiger charge is 2.18. The number of amides is 1. The number of ether oxygens (including phenoxy) is 1. The summed E-state index contributed by atoms with van der Waals surface area (Å²) >= 11 is 0. The highest BCUT2D eigenvalue weighted by molar-refractivity contribution is 7.90. The molecule has 1 unspecified atom stereocenters. The van der Waals surface area contributed by atoms with Crippen molar-refractivity contribution >= 4 is 38.6 Å². The van der Waals surface area contributed by atoms with Crippen molar-refractivity contribution in [2.45, 2.75) is 36.9 Å². The van der Waals surface area contributed by atoms with E-state index in [0.717, 1.165) is 53.1 Å². The molecule has 0 bridgehead atoms. The molecule has 5 rings (SSSR count). The summed E-state index contributed by atoms with van der Waals surface area (Å²) in [6.07, 6.45) is 8.84. The van der Waals surface area contributed by atoms with Crippen molar-refractivity contribution in [3.8, 4) is 0 Å². The Labute approximate surface area is 228 Å². The summed E-state index contributed by atoms with van der Waals surface area (Å²) in [5.74, 6) is -0.455. The third kappa shape index (κ3) is 6.59. The number of nitrogens with zero attached hydrogens (tertiary/aromatic N) is 2. The van der Waals surface area contributed by atoms with Crippen LogP contribution in [0.4, 0.5) is 5.69 Å². The van der Waals surface area contributed by atoms with Gasteiger partial charge in [0.05, 0.1) is 4.90 Å². The zero-order valence-corrected chi connectivity index (χ0v) is 22.6. The van der Waals surface area contributed by atoms with Crippen LogP contribution in [0.15, 0.2) is 84.0 Å². The lowest BCUT2D eigenvalue weighted by molar-refractivity contribution is -0.198. The largest absolute Gasteiger partial charge is 0.374 e. The van der Waals surface area contributed by atoms with Crippen LogP contribution in [-0.2, 0) is 30.8 Å². The summed E-state index contributed by atoms with van der Waals surface area (Å²) in [6.45, 7) is 1.39. The molecule has 0 saturated carbocycles. The van der Waals surface area contributed by atoms with Crippen LogP contribution in [0, 0.1) is 0 Å². The first-order valence-electron chi connectivity index (χ1n) is 13.0. The number of carbonyl (C=O) groups is 1. The van der Waals surface area contributed by atoms with Gasteiger partial charge in [-0.15, -0.1) is 0 Å². The highest BCUT2D eigenvalue weighted by Crippen LogP contribution is 2.21. The molecule has 0 aliphatic carbocycles. The second-order valence-corrected chi connectivity index (χ2v) is 11.4. The molecular formula is C29H32N4O5S. The lowest BCUT2D eigenvalue weighted by atomic mass is 10.2. The minimum absolute atomic E-state index is 0.181. The molecule has 9 nitrogen and oxygen atoms in total. The fourth-order valence-electron chi connectivity index (χ4n) is 4.45. The number of anilines is 1. The standard InChI is InChI=1S/C29H32N4O5S/c1-32(17-16-24-20-23-6-2-3-7-27(23)30-24)25-10-12-26(13-11-25)39(35,36)33-18-15-22(21-33)9-14-28(34)31-38-29-8-4-5-19-37-29/h2-3,6-7,9-15,18,20-21,29-30H,4-5,8,16-17,19H2,1H3,(H,31,34). The van der Waals surface area contributed by atoms with Crippen LogP contribution in [-0.4, -0.2) is 49.8 Å². The van der Waals surface area contributed by atoms with E-state index in [1.807, 2.05) is 31.3 Å². The molecule has 10 heteroatoms. The highest BCUT2D eigenvalue weighted by atomic mass is 32.2. The van der Waals surface area contributed by atoms with E-state index in [9.17, 15) is 13.2 Å². The van der Waals surface area contributed by atoms with Gasteiger partial charge in [0, 0.05) is 68.4 Å². The number of likely N-dealkylation sites (N-methyl/N-ethyl adjacent to an activating group) is 1. The van der Waals surface area contributed by atoms with E-state index in [2.05, 4.69) is 33.6 Å². The van der Waals surface area contributed by atoms with Crippen LogP contribution >= 0.6 is 0 Å². The molecule has 1 aliphatic heterocycles. The first-order valence-corrected chi connectivity index (χ1v) is 14.4. The molecule has 1 aliphatic rings. The molecular weight excluding hydrogens is 516 g/mol. The molecule has 3 heterocycles. The number of benzene rings is 2. The van der Waals surface area contributed by atoms with Gasteiger partial charge in [-0.25, -0.2) is 22.7 Å². The number of carbonyl (C=O) groups excluding carboxylic acids is 1. The van der Waals surface area contributed by atoms with Crippen molar-refractivity contribution < 1.29 is 22.8 Å². The molecule has 0 spiro atoms. The Morgan fingerprint density at radius 1 is 1.18 bits per heavy atom. The number of aromatic nitrogens is 2. The summed E-state index contributed by atoms with van der Waals surface area (Å²) in [4.78, 5) is 23.0. The van der Waals surface area contributed by atoms with Gasteiger partial charge in [-0.05, 0) is 72.3 Å². The second-order valence-electron chi connectivity index (χ2n) is 9.54. The van der Waals surface area contributed by atoms with Gasteiger partial charge < -0.3 is 14.6 Å². The van der Waals surface area contributed by atoms with Crippen LogP contribution in [0.5, 0.6) is 0 Å². The molecule has 1 amide bonds. The normalized spacial score (nSPS) is 16.1. The fraction of sp³-hybridized carbons (Fsp3) is 0.276. The third-order valence-corrected chi connectivity index (χ3v) is 8.35. The second kappa shape index (κ2) is 11.9. The number of H-pyrrole nitrogens is 1. The predicted molar refractivity (Wildman–Crippen MR) is 151 cm³/mol. The van der Waals surface area contributed by atoms with Gasteiger partial charge in [-0.2, -0.15) is 0 Å². The Hall–Kier alpha value is -3.86. The molecule has 1 saturated heterocycles. The fourth-order valence-corrected chi connectivity index (χ4v) is 5.66. The quantitative estimate of drug-likeness (QED) is 0.224. The van der Waals surface area contributed by atoms with Gasteiger partial charge in [0.1, 0.15) is 0 Å². The summed E-state index contributed by atoms with van der Waals surface area (Å²) in [5.41, 5.74) is 6.11. The van der Waals surface area contributed by atoms with Crippen LogP contribution in [0.1, 0.15) is 30.5 Å². The number of para-hydroxylation sites is 1. The monoisotopic (exact) mass is 548 g/mol. The molecule has 1 atom stereocenters. The first kappa shape index (κ1) is 26.7. The minimum Gasteiger partial charge on any atom is -0.374 e. The van der Waals surface area contributed by atoms with Crippen molar-refractivity contribution in [3.63, 3.8) is 0 Å². The van der Waals surface area contributed by atoms with Crippen LogP contribution < -0.4 is 10.4 Å². The average molecular weight is 549 g/mol. The Morgan fingerprint density at radius 2 is 2.00 bits per heavy atom. The molecule has 0 radical (unpaired) electrons. The number of hydrogen-bond acceptors (Lipinski definition) is 6. The molecule has 1 fully saturated rings. The lowest BCUT2D eigenvalue weighted by Gasteiger charge is -2.21. The van der Waals surface area contributed by atoms with E-state index >= 15 is 0 Å². The summed E-state index contributed by atoms with van der Waals surface area (Å²) in [5, 5.41) is 1.19. The molecule has 2 N–H and O–H groups in total. The van der Waals surface area contributed by atoms with Gasteiger partial charge in [0.15, 0.2) is 6.29 Å². The Morgan fingerprint density at radius 3 is 2.77 bits per heavy atom. The molecule has 39 heavy (non-hydrogen) atoms. The van der Waals surface area contributed by atoms with Gasteiger partial charge in [0.25, 0.3) is 15.9 Å². The van der Waals surface area contributed by atoms with Crippen LogP contribution in [0.2, 0.25) is 0 Å². The number of hydrogen-bond donors (Lipinski definition) is 2. The maximum absolute atomic E-state index is 13.1. The van der Waals surface area contributed by atoms with E-state index in [1.165, 1.54) is 29.9 Å². The topological polar surface area (TPSA) is 106 Å². The van der Waals surface area contributed by atoms with E-state index in [4.69, 9.17) is 9.57 Å². The van der Waals surface area contributed by atoms with E-state index in [-0.39, 0.29) is 4.90 Å². The lowest BCUT2D eigenvalue weighted by Crippen LogP contribution is -2.32. The molecule has 204 valence electrons. The Bertz CT molecular complexity index is 1520. The van der Waals surface area contributed by atoms with Crippen LogP contribution in [0.3, 0.4) is 0 Å². The van der Waals surface area contributed by atoms with Gasteiger partial charge in [-0.1, -0.05) is 18.2 Å². The van der Waals surface area contributed by atoms with Gasteiger partial charge in [0.2, 0.25) is 0 Å². The SMILES string of the molecule is CN(CCc1cc2ccccc2[nH]1)c1ccc(S(=O)(=O)n2ccc(C=CC(=O)NOC3CCCCO3)c2)cc1. The maximum Gasteiger partial charge on any atom is 0.267 e. The zero-order valence-electron chi connectivity index (χ0n) is 21.7. The van der Waals surface area contributed by atoms with Crippen molar-refractivity contribution in [1.29, 1.82) is 0 Å². The van der Waals surface area contributed by atoms with Gasteiger partial charge >= 0.3 is 0 Å². The Kier molecular flexibility index (Phi) is 8.16. The van der Waals surface area contributed by atoms with Gasteiger partial charge in [-0.3, -0.25) is 4.79 Å². The van der Waals surface area contributed by atoms with Crippen molar-refractivity contribution in [1.82, 2.24) is 14.4 Å². The number of fused-ring (bicyclic) bond motifs is 1. The maximum atomic E-state index is 13.1. The summed E-state index contributed by atoms with van der Waals surface area (Å²) in [7, 11) is -1.79. The zero-order chi connectivity index (χ0) is 27.2. The number of hydroxylamine groups is 1. The average Bonchev–Trinajstić information content (AvgIpc) is 3.62. The number of rotatable bonds is 10. The van der Waals surface area contributed by atoms with E-state index in [0.29, 0.717) is 12.2 Å². The smallest absolute Gasteiger partial charge is 0.267 e. The molecule has 2 aromatic heterocycles. The molecule has 2 aromatic carbocycles. The summed E-state index contributed by atoms with van der Waals surface area (Å²) < 4.78 is 32.8. The first-order chi connectivity index (χ1) is 18.9. The van der Waals surface area contributed by atoms with Crippen molar-refractivity contribution in [2.75, 3.05) is 25.1 Å². The number of aromatic amines is 1. The van der Waals surface area contributed by atoms with E-state index < -0.39 is 22.2 Å².